The van der Waals surface area contributed by atoms with Gasteiger partial charge >= 0.3 is 0 Å². The van der Waals surface area contributed by atoms with Crippen LogP contribution in [0.2, 0.25) is 0 Å². The first-order valence-corrected chi connectivity index (χ1v) is 6.83. The Hall–Kier alpha value is -1.63. The Morgan fingerprint density at radius 3 is 2.58 bits per heavy atom. The molecular formula is C12H23N7. The van der Waals surface area contributed by atoms with Gasteiger partial charge in [0.25, 0.3) is 0 Å². The summed E-state index contributed by atoms with van der Waals surface area (Å²) in [6.07, 6.45) is 1.05. The summed E-state index contributed by atoms with van der Waals surface area (Å²) in [5, 5.41) is 6.57. The van der Waals surface area contributed by atoms with E-state index in [0.29, 0.717) is 11.9 Å². The van der Waals surface area contributed by atoms with Crippen LogP contribution in [0.15, 0.2) is 0 Å². The minimum Gasteiger partial charge on any atom is -0.354 e. The van der Waals surface area contributed by atoms with Crippen LogP contribution in [0.5, 0.6) is 0 Å². The van der Waals surface area contributed by atoms with Crippen LogP contribution in [0.25, 0.3) is 0 Å². The average Bonchev–Trinajstić information content (AvgIpc) is 2.45. The largest absolute Gasteiger partial charge is 0.354 e. The van der Waals surface area contributed by atoms with E-state index in [2.05, 4.69) is 37.4 Å². The second-order valence-electron chi connectivity index (χ2n) is 4.82. The molecule has 0 radical (unpaired) electrons. The summed E-state index contributed by atoms with van der Waals surface area (Å²) in [5.41, 5.74) is 0. The highest BCUT2D eigenvalue weighted by Crippen LogP contribution is 2.15. The number of piperazine rings is 1. The summed E-state index contributed by atoms with van der Waals surface area (Å²) >= 11 is 0. The van der Waals surface area contributed by atoms with Crippen molar-refractivity contribution in [1.82, 2.24) is 20.3 Å². The molecule has 0 saturated carbocycles. The number of nitrogens with zero attached hydrogens (tertiary/aromatic N) is 5. The van der Waals surface area contributed by atoms with Gasteiger partial charge in [-0.15, -0.1) is 0 Å². The first-order chi connectivity index (χ1) is 9.20. The molecule has 7 heteroatoms. The first-order valence-electron chi connectivity index (χ1n) is 6.83. The van der Waals surface area contributed by atoms with Crippen LogP contribution in [-0.4, -0.2) is 61.8 Å². The minimum absolute atomic E-state index is 0.661. The molecule has 2 rings (SSSR count). The maximum atomic E-state index is 4.53. The van der Waals surface area contributed by atoms with Crippen molar-refractivity contribution >= 4 is 17.8 Å². The van der Waals surface area contributed by atoms with Gasteiger partial charge in [-0.1, -0.05) is 6.92 Å². The molecule has 0 bridgehead atoms. The highest BCUT2D eigenvalue weighted by atomic mass is 15.4. The van der Waals surface area contributed by atoms with Gasteiger partial charge in [-0.2, -0.15) is 15.0 Å². The van der Waals surface area contributed by atoms with Crippen molar-refractivity contribution in [2.75, 3.05) is 61.9 Å². The number of nitrogens with one attached hydrogen (secondary N) is 2. The van der Waals surface area contributed by atoms with Gasteiger partial charge in [-0.3, -0.25) is 0 Å². The summed E-state index contributed by atoms with van der Waals surface area (Å²) in [7, 11) is 3.89. The molecule has 1 fully saturated rings. The molecule has 1 aliphatic rings. The standard InChI is InChI=1S/C12H23N7/c1-4-5-14-10-15-11(18(2)3)17-12(16-10)19-8-6-13-7-9-19/h13H,4-9H2,1-3H3,(H,14,15,16,17). The predicted molar refractivity (Wildman–Crippen MR) is 78.0 cm³/mol. The van der Waals surface area contributed by atoms with Gasteiger partial charge < -0.3 is 20.4 Å². The third-order valence-electron chi connectivity index (χ3n) is 2.94. The lowest BCUT2D eigenvalue weighted by Gasteiger charge is -2.28. The summed E-state index contributed by atoms with van der Waals surface area (Å²) in [5.74, 6) is 2.12. The number of hydrogen-bond donors (Lipinski definition) is 2. The second-order valence-corrected chi connectivity index (χ2v) is 4.82. The van der Waals surface area contributed by atoms with Gasteiger partial charge in [0, 0.05) is 46.8 Å². The monoisotopic (exact) mass is 265 g/mol. The lowest BCUT2D eigenvalue weighted by Crippen LogP contribution is -2.44. The van der Waals surface area contributed by atoms with E-state index in [4.69, 9.17) is 0 Å². The predicted octanol–water partition coefficient (Wildman–Crippen LogP) is 0.169. The van der Waals surface area contributed by atoms with E-state index in [1.54, 1.807) is 0 Å². The molecule has 0 unspecified atom stereocenters. The molecule has 0 amide bonds. The van der Waals surface area contributed by atoms with Crippen molar-refractivity contribution in [3.8, 4) is 0 Å². The molecule has 0 spiro atoms. The lowest BCUT2D eigenvalue weighted by molar-refractivity contribution is 0.579. The Morgan fingerprint density at radius 2 is 1.95 bits per heavy atom. The third kappa shape index (κ3) is 3.66. The van der Waals surface area contributed by atoms with E-state index in [0.717, 1.165) is 45.1 Å². The zero-order chi connectivity index (χ0) is 13.7. The maximum Gasteiger partial charge on any atom is 0.232 e. The normalized spacial score (nSPS) is 15.4. The molecular weight excluding hydrogens is 242 g/mol. The van der Waals surface area contributed by atoms with Crippen LogP contribution >= 0.6 is 0 Å². The summed E-state index contributed by atoms with van der Waals surface area (Å²) < 4.78 is 0. The van der Waals surface area contributed by atoms with Gasteiger partial charge in [0.2, 0.25) is 17.8 Å². The molecule has 1 aromatic heterocycles. The topological polar surface area (TPSA) is 69.2 Å². The average molecular weight is 265 g/mol. The van der Waals surface area contributed by atoms with Gasteiger partial charge in [0.1, 0.15) is 0 Å². The van der Waals surface area contributed by atoms with Gasteiger partial charge in [0.05, 0.1) is 0 Å². The van der Waals surface area contributed by atoms with Crippen LogP contribution in [0, 0.1) is 0 Å². The van der Waals surface area contributed by atoms with Crippen LogP contribution in [0.4, 0.5) is 17.8 Å². The highest BCUT2D eigenvalue weighted by molar-refractivity contribution is 5.44. The molecule has 7 nitrogen and oxygen atoms in total. The van der Waals surface area contributed by atoms with E-state index in [1.165, 1.54) is 0 Å². The van der Waals surface area contributed by atoms with Crippen molar-refractivity contribution in [1.29, 1.82) is 0 Å². The third-order valence-corrected chi connectivity index (χ3v) is 2.94. The van der Waals surface area contributed by atoms with Crippen LogP contribution in [0.3, 0.4) is 0 Å². The molecule has 2 heterocycles. The fourth-order valence-corrected chi connectivity index (χ4v) is 1.88. The molecule has 1 aromatic rings. The Balaban J connectivity index is 2.22. The summed E-state index contributed by atoms with van der Waals surface area (Å²) in [6.45, 7) is 6.81. The Labute approximate surface area is 114 Å². The molecule has 0 atom stereocenters. The van der Waals surface area contributed by atoms with Gasteiger partial charge in [0.15, 0.2) is 0 Å². The highest BCUT2D eigenvalue weighted by Gasteiger charge is 2.16. The van der Waals surface area contributed by atoms with Gasteiger partial charge in [-0.25, -0.2) is 0 Å². The molecule has 1 saturated heterocycles. The first kappa shape index (κ1) is 13.8. The number of hydrogen-bond acceptors (Lipinski definition) is 7. The maximum absolute atomic E-state index is 4.53. The quantitative estimate of drug-likeness (QED) is 0.786. The Morgan fingerprint density at radius 1 is 1.21 bits per heavy atom. The Kier molecular flexibility index (Phi) is 4.73. The van der Waals surface area contributed by atoms with Crippen molar-refractivity contribution < 1.29 is 0 Å². The van der Waals surface area contributed by atoms with E-state index in [9.17, 15) is 0 Å². The number of anilines is 3. The van der Waals surface area contributed by atoms with E-state index in [-0.39, 0.29) is 0 Å². The van der Waals surface area contributed by atoms with E-state index < -0.39 is 0 Å². The molecule has 19 heavy (non-hydrogen) atoms. The van der Waals surface area contributed by atoms with E-state index in [1.807, 2.05) is 19.0 Å². The molecule has 106 valence electrons. The SMILES string of the molecule is CCCNc1nc(N(C)C)nc(N2CCNCC2)n1. The molecule has 0 aliphatic carbocycles. The summed E-state index contributed by atoms with van der Waals surface area (Å²) in [4.78, 5) is 17.6. The van der Waals surface area contributed by atoms with Crippen molar-refractivity contribution in [3.63, 3.8) is 0 Å². The number of rotatable bonds is 5. The molecule has 1 aliphatic heterocycles. The zero-order valence-electron chi connectivity index (χ0n) is 12.0. The smallest absolute Gasteiger partial charge is 0.232 e. The van der Waals surface area contributed by atoms with Crippen LogP contribution in [-0.2, 0) is 0 Å². The zero-order valence-corrected chi connectivity index (χ0v) is 12.0. The summed E-state index contributed by atoms with van der Waals surface area (Å²) in [6, 6.07) is 0. The Bertz CT molecular complexity index is 401. The van der Waals surface area contributed by atoms with Crippen LogP contribution in [0.1, 0.15) is 13.3 Å². The van der Waals surface area contributed by atoms with Crippen LogP contribution < -0.4 is 20.4 Å². The molecule has 2 N–H and O–H groups in total. The fourth-order valence-electron chi connectivity index (χ4n) is 1.88. The number of aromatic nitrogens is 3. The molecule has 0 aromatic carbocycles. The van der Waals surface area contributed by atoms with E-state index >= 15 is 0 Å². The van der Waals surface area contributed by atoms with Crippen molar-refractivity contribution in [2.24, 2.45) is 0 Å². The van der Waals surface area contributed by atoms with Gasteiger partial charge in [-0.05, 0) is 6.42 Å². The van der Waals surface area contributed by atoms with Crippen molar-refractivity contribution in [3.05, 3.63) is 0 Å². The lowest BCUT2D eigenvalue weighted by atomic mass is 10.4. The fraction of sp³-hybridized carbons (Fsp3) is 0.750. The minimum atomic E-state index is 0.661. The second kappa shape index (κ2) is 6.51. The van der Waals surface area contributed by atoms with Crippen molar-refractivity contribution in [2.45, 2.75) is 13.3 Å².